The average molecular weight is 1270 g/mol. The number of hydrogen-bond donors (Lipinski definition) is 0. The zero-order chi connectivity index (χ0) is 65.7. The third-order valence-corrected chi connectivity index (χ3v) is 20.2. The summed E-state index contributed by atoms with van der Waals surface area (Å²) in [7, 11) is 0. The lowest BCUT2D eigenvalue weighted by atomic mass is 9.81. The Morgan fingerprint density at radius 2 is 0.586 bits per heavy atom. The SMILES string of the molecule is CC1(C)c2cc(-c3cc(-n4c5ccccc5c5cc(N(c6ccccc6)c6ccccc6)ccc54)nc(-n4c5ccccc5c5cc(N(c6ccccc6)c6ccccc6)ccc54)n3)ccc2-c2ccc(-n3c4ccccc4c4cc(N(c5ccccc5)c5ccccc5)ccc43)cc21. The maximum absolute atomic E-state index is 5.79. The van der Waals surface area contributed by atoms with E-state index in [0.29, 0.717) is 5.95 Å². The lowest BCUT2D eigenvalue weighted by molar-refractivity contribution is 0.660. The molecule has 0 saturated carbocycles. The van der Waals surface area contributed by atoms with Crippen LogP contribution in [0, 0.1) is 0 Å². The first-order valence-corrected chi connectivity index (χ1v) is 33.9. The van der Waals surface area contributed by atoms with Crippen molar-refractivity contribution in [2.45, 2.75) is 19.3 Å². The highest BCUT2D eigenvalue weighted by Gasteiger charge is 2.37. The molecule has 0 unspecified atom stereocenters. The van der Waals surface area contributed by atoms with Crippen LogP contribution in [0.4, 0.5) is 51.2 Å². The van der Waals surface area contributed by atoms with Gasteiger partial charge in [-0.15, -0.1) is 0 Å². The van der Waals surface area contributed by atoms with E-state index in [2.05, 4.69) is 394 Å². The summed E-state index contributed by atoms with van der Waals surface area (Å²) in [5.41, 5.74) is 23.7. The summed E-state index contributed by atoms with van der Waals surface area (Å²) in [5.74, 6) is 1.34. The molecule has 0 N–H and O–H groups in total. The molecule has 19 rings (SSSR count). The van der Waals surface area contributed by atoms with Gasteiger partial charge in [-0.05, 0) is 186 Å². The first-order chi connectivity index (χ1) is 48.9. The lowest BCUT2D eigenvalue weighted by Crippen LogP contribution is -2.15. The van der Waals surface area contributed by atoms with Gasteiger partial charge in [0.15, 0.2) is 0 Å². The highest BCUT2D eigenvalue weighted by Crippen LogP contribution is 2.52. The van der Waals surface area contributed by atoms with Gasteiger partial charge in [-0.3, -0.25) is 9.13 Å². The maximum atomic E-state index is 5.79. The van der Waals surface area contributed by atoms with Crippen LogP contribution in [0.25, 0.3) is 105 Å². The fourth-order valence-corrected chi connectivity index (χ4v) is 15.7. The van der Waals surface area contributed by atoms with Crippen LogP contribution in [0.5, 0.6) is 0 Å². The van der Waals surface area contributed by atoms with Gasteiger partial charge in [-0.25, -0.2) is 4.98 Å². The van der Waals surface area contributed by atoms with Gasteiger partial charge >= 0.3 is 0 Å². The van der Waals surface area contributed by atoms with Crippen molar-refractivity contribution >= 4 is 117 Å². The third-order valence-electron chi connectivity index (χ3n) is 20.2. The van der Waals surface area contributed by atoms with Crippen molar-refractivity contribution in [3.05, 3.63) is 363 Å². The molecule has 0 atom stereocenters. The molecule has 0 fully saturated rings. The van der Waals surface area contributed by atoms with E-state index < -0.39 is 0 Å². The van der Waals surface area contributed by atoms with E-state index in [0.717, 1.165) is 129 Å². The van der Waals surface area contributed by atoms with E-state index in [4.69, 9.17) is 9.97 Å². The third kappa shape index (κ3) is 9.43. The number of nitrogens with zero attached hydrogens (tertiary/aromatic N) is 8. The second-order valence-corrected chi connectivity index (χ2v) is 26.2. The number of benzene rings is 14. The predicted molar refractivity (Wildman–Crippen MR) is 412 cm³/mol. The molecule has 99 heavy (non-hydrogen) atoms. The van der Waals surface area contributed by atoms with Gasteiger partial charge < -0.3 is 19.3 Å². The number of para-hydroxylation sites is 9. The molecule has 0 saturated heterocycles. The molecule has 1 aliphatic carbocycles. The molecule has 14 aromatic carbocycles. The Morgan fingerprint density at radius 1 is 0.253 bits per heavy atom. The van der Waals surface area contributed by atoms with E-state index in [9.17, 15) is 0 Å². The molecule has 8 nitrogen and oxygen atoms in total. The molecule has 1 aliphatic rings. The second kappa shape index (κ2) is 23.1. The minimum Gasteiger partial charge on any atom is -0.310 e. The van der Waals surface area contributed by atoms with Crippen molar-refractivity contribution in [2.24, 2.45) is 0 Å². The largest absolute Gasteiger partial charge is 0.310 e. The van der Waals surface area contributed by atoms with Crippen LogP contribution in [0.3, 0.4) is 0 Å². The summed E-state index contributed by atoms with van der Waals surface area (Å²) in [4.78, 5) is 18.6. The van der Waals surface area contributed by atoms with E-state index in [1.54, 1.807) is 0 Å². The van der Waals surface area contributed by atoms with Crippen molar-refractivity contribution in [3.63, 3.8) is 0 Å². The highest BCUT2D eigenvalue weighted by atomic mass is 15.2. The Labute approximate surface area is 573 Å². The molecule has 0 aliphatic heterocycles. The fraction of sp³-hybridized carbons (Fsp3) is 0.0330. The summed E-state index contributed by atoms with van der Waals surface area (Å²) in [6.07, 6.45) is 0. The minimum absolute atomic E-state index is 0.386. The quantitative estimate of drug-likeness (QED) is 0.115. The monoisotopic (exact) mass is 1270 g/mol. The number of fused-ring (bicyclic) bond motifs is 12. The summed E-state index contributed by atoms with van der Waals surface area (Å²) >= 11 is 0. The van der Waals surface area contributed by atoms with Crippen LogP contribution in [0.15, 0.2) is 352 Å². The van der Waals surface area contributed by atoms with Gasteiger partial charge in [-0.2, -0.15) is 4.98 Å². The number of rotatable bonds is 13. The maximum Gasteiger partial charge on any atom is 0.237 e. The first-order valence-electron chi connectivity index (χ1n) is 33.9. The van der Waals surface area contributed by atoms with Crippen LogP contribution in [-0.4, -0.2) is 23.7 Å². The Bertz CT molecular complexity index is 5800. The normalized spacial score (nSPS) is 12.4. The van der Waals surface area contributed by atoms with Crippen LogP contribution in [0.1, 0.15) is 25.0 Å². The topological polar surface area (TPSA) is 50.3 Å². The first kappa shape index (κ1) is 57.4. The van der Waals surface area contributed by atoms with E-state index in [1.165, 1.54) is 33.0 Å². The zero-order valence-electron chi connectivity index (χ0n) is 54.6. The van der Waals surface area contributed by atoms with Gasteiger partial charge in [-0.1, -0.05) is 196 Å². The van der Waals surface area contributed by atoms with Crippen molar-refractivity contribution in [1.29, 1.82) is 0 Å². The van der Waals surface area contributed by atoms with Crippen LogP contribution >= 0.6 is 0 Å². The molecule has 4 heterocycles. The highest BCUT2D eigenvalue weighted by molar-refractivity contribution is 6.13. The van der Waals surface area contributed by atoms with Crippen LogP contribution < -0.4 is 14.7 Å². The van der Waals surface area contributed by atoms with Crippen molar-refractivity contribution in [2.75, 3.05) is 14.7 Å². The standard InChI is InChI=1S/C91H64N8/c1-91(2)80-55-61(45-50-72(80)73-51-46-71(59-81(73)91)97-83-42-24-21-39-74(83)77-56-68(47-52-86(77)97)94(62-27-9-3-10-28-62)63-29-11-4-12-30-63)82-60-89(98-84-43-25-22-40-75(84)78-57-69(48-53-87(78)98)95(64-31-13-5-14-32-64)65-33-15-6-16-34-65)93-90(92-82)99-85-44-26-23-41-76(85)79-58-70(49-54-88(79)99)96(66-35-17-7-18-36-66)67-37-19-8-20-38-67/h3-60H,1-2H3. The van der Waals surface area contributed by atoms with Gasteiger partial charge in [0, 0.05) is 106 Å². The molecule has 0 bridgehead atoms. The fourth-order valence-electron chi connectivity index (χ4n) is 15.7. The molecular weight excluding hydrogens is 1210 g/mol. The molecule has 0 amide bonds. The number of aromatic nitrogens is 5. The second-order valence-electron chi connectivity index (χ2n) is 26.2. The molecule has 0 spiro atoms. The summed E-state index contributed by atoms with van der Waals surface area (Å²) in [5, 5.41) is 6.86. The summed E-state index contributed by atoms with van der Waals surface area (Å²) in [6, 6.07) is 127. The molecular formula is C91H64N8. The van der Waals surface area contributed by atoms with Crippen molar-refractivity contribution < 1.29 is 0 Å². The average Bonchev–Trinajstić information content (AvgIpc) is 1.58. The van der Waals surface area contributed by atoms with Gasteiger partial charge in [0.2, 0.25) is 5.95 Å². The molecule has 468 valence electrons. The lowest BCUT2D eigenvalue weighted by Gasteiger charge is -2.25. The van der Waals surface area contributed by atoms with Crippen LogP contribution in [-0.2, 0) is 5.41 Å². The Hall–Kier alpha value is -13.0. The van der Waals surface area contributed by atoms with E-state index in [1.807, 2.05) is 0 Å². The van der Waals surface area contributed by atoms with Crippen molar-refractivity contribution in [3.8, 4) is 39.8 Å². The number of anilines is 9. The van der Waals surface area contributed by atoms with E-state index in [-0.39, 0.29) is 5.41 Å². The van der Waals surface area contributed by atoms with Gasteiger partial charge in [0.05, 0.1) is 38.8 Å². The van der Waals surface area contributed by atoms with Gasteiger partial charge in [0.25, 0.3) is 0 Å². The Kier molecular flexibility index (Phi) is 13.4. The summed E-state index contributed by atoms with van der Waals surface area (Å²) < 4.78 is 7.07. The molecule has 8 heteroatoms. The van der Waals surface area contributed by atoms with Gasteiger partial charge in [0.1, 0.15) is 5.82 Å². The van der Waals surface area contributed by atoms with Crippen molar-refractivity contribution in [1.82, 2.24) is 23.7 Å². The molecule has 18 aromatic rings. The smallest absolute Gasteiger partial charge is 0.237 e. The Balaban J connectivity index is 0.775. The van der Waals surface area contributed by atoms with Crippen LogP contribution in [0.2, 0.25) is 0 Å². The molecule has 4 aromatic heterocycles. The minimum atomic E-state index is -0.386. The zero-order valence-corrected chi connectivity index (χ0v) is 54.6. The Morgan fingerprint density at radius 3 is 1.01 bits per heavy atom. The predicted octanol–water partition coefficient (Wildman–Crippen LogP) is 24.2. The van der Waals surface area contributed by atoms with E-state index >= 15 is 0 Å². The summed E-state index contributed by atoms with van der Waals surface area (Å²) in [6.45, 7) is 4.77. The molecule has 0 radical (unpaired) electrons. The number of hydrogen-bond acceptors (Lipinski definition) is 5.